The third-order valence-corrected chi connectivity index (χ3v) is 5.22. The van der Waals surface area contributed by atoms with Gasteiger partial charge in [-0.2, -0.15) is 0 Å². The maximum absolute atomic E-state index is 12.3. The summed E-state index contributed by atoms with van der Waals surface area (Å²) < 4.78 is 5.94. The van der Waals surface area contributed by atoms with Crippen LogP contribution in [0.25, 0.3) is 10.8 Å². The van der Waals surface area contributed by atoms with Crippen LogP contribution in [0.2, 0.25) is 0 Å². The van der Waals surface area contributed by atoms with Crippen molar-refractivity contribution in [1.29, 1.82) is 0 Å². The molecule has 1 aliphatic heterocycles. The topological polar surface area (TPSA) is 32.8 Å². The number of amides is 1. The molecule has 3 rings (SSSR count). The van der Waals surface area contributed by atoms with E-state index < -0.39 is 0 Å². The number of benzene rings is 2. The second-order valence-corrected chi connectivity index (χ2v) is 7.15. The fourth-order valence-corrected chi connectivity index (χ4v) is 3.47. The highest BCUT2D eigenvalue weighted by molar-refractivity contribution is 5.98. The minimum atomic E-state index is 0.0624. The van der Waals surface area contributed by atoms with Crippen LogP contribution in [0.1, 0.15) is 43.0 Å². The first kappa shape index (κ1) is 18.7. The molecule has 0 saturated carbocycles. The lowest BCUT2D eigenvalue weighted by atomic mass is 10.1. The SMILES string of the molecule is CCN(C)C(=O)c1ccc2cc(OCCCN3CCCCC3)ccc2c1. The molecule has 1 fully saturated rings. The zero-order valence-electron chi connectivity index (χ0n) is 16.0. The Labute approximate surface area is 156 Å². The molecule has 0 bridgehead atoms. The smallest absolute Gasteiger partial charge is 0.253 e. The van der Waals surface area contributed by atoms with Crippen molar-refractivity contribution in [2.24, 2.45) is 0 Å². The van der Waals surface area contributed by atoms with Gasteiger partial charge >= 0.3 is 0 Å². The zero-order valence-corrected chi connectivity index (χ0v) is 16.0. The molecule has 4 heteroatoms. The van der Waals surface area contributed by atoms with Gasteiger partial charge in [0.25, 0.3) is 5.91 Å². The summed E-state index contributed by atoms with van der Waals surface area (Å²) >= 11 is 0. The summed E-state index contributed by atoms with van der Waals surface area (Å²) in [7, 11) is 1.83. The molecule has 0 N–H and O–H groups in total. The van der Waals surface area contributed by atoms with E-state index >= 15 is 0 Å². The van der Waals surface area contributed by atoms with E-state index in [0.29, 0.717) is 6.54 Å². The molecule has 0 aromatic heterocycles. The van der Waals surface area contributed by atoms with Crippen LogP contribution in [-0.2, 0) is 0 Å². The molecule has 1 heterocycles. The van der Waals surface area contributed by atoms with Gasteiger partial charge in [0.1, 0.15) is 5.75 Å². The van der Waals surface area contributed by atoms with E-state index in [1.54, 1.807) is 4.90 Å². The second kappa shape index (κ2) is 9.04. The maximum Gasteiger partial charge on any atom is 0.253 e. The number of hydrogen-bond acceptors (Lipinski definition) is 3. The molecule has 0 atom stereocenters. The molecule has 0 aliphatic carbocycles. The van der Waals surface area contributed by atoms with Crippen LogP contribution in [0.3, 0.4) is 0 Å². The average Bonchev–Trinajstić information content (AvgIpc) is 2.70. The van der Waals surface area contributed by atoms with Crippen LogP contribution in [0.15, 0.2) is 36.4 Å². The Kier molecular flexibility index (Phi) is 6.51. The third kappa shape index (κ3) is 4.76. The fourth-order valence-electron chi connectivity index (χ4n) is 3.47. The monoisotopic (exact) mass is 354 g/mol. The molecule has 0 spiro atoms. The molecule has 2 aromatic rings. The van der Waals surface area contributed by atoms with Crippen LogP contribution in [0.5, 0.6) is 5.75 Å². The summed E-state index contributed by atoms with van der Waals surface area (Å²) in [6.07, 6.45) is 5.12. The van der Waals surface area contributed by atoms with Crippen molar-refractivity contribution in [2.75, 3.05) is 39.8 Å². The second-order valence-electron chi connectivity index (χ2n) is 7.15. The van der Waals surface area contributed by atoms with Gasteiger partial charge in [-0.05, 0) is 74.3 Å². The Balaban J connectivity index is 1.56. The number of hydrogen-bond donors (Lipinski definition) is 0. The van der Waals surface area contributed by atoms with Gasteiger partial charge in [-0.1, -0.05) is 18.6 Å². The van der Waals surface area contributed by atoms with Crippen molar-refractivity contribution in [3.63, 3.8) is 0 Å². The maximum atomic E-state index is 12.3. The number of ether oxygens (including phenoxy) is 1. The minimum absolute atomic E-state index is 0.0624. The van der Waals surface area contributed by atoms with Crippen molar-refractivity contribution < 1.29 is 9.53 Å². The van der Waals surface area contributed by atoms with Crippen molar-refractivity contribution >= 4 is 16.7 Å². The molecule has 2 aromatic carbocycles. The van der Waals surface area contributed by atoms with E-state index in [4.69, 9.17) is 4.74 Å². The molecule has 140 valence electrons. The summed E-state index contributed by atoms with van der Waals surface area (Å²) in [5.74, 6) is 0.966. The van der Waals surface area contributed by atoms with Crippen molar-refractivity contribution in [1.82, 2.24) is 9.80 Å². The van der Waals surface area contributed by atoms with E-state index in [1.165, 1.54) is 32.4 Å². The molecule has 0 unspecified atom stereocenters. The molecule has 1 aliphatic rings. The average molecular weight is 354 g/mol. The lowest BCUT2D eigenvalue weighted by Crippen LogP contribution is -2.31. The Morgan fingerprint density at radius 3 is 2.58 bits per heavy atom. The normalized spacial score (nSPS) is 15.2. The highest BCUT2D eigenvalue weighted by Crippen LogP contribution is 2.23. The Bertz CT molecular complexity index is 738. The van der Waals surface area contributed by atoms with Crippen LogP contribution in [-0.4, -0.2) is 55.5 Å². The summed E-state index contributed by atoms with van der Waals surface area (Å²) in [4.78, 5) is 16.6. The summed E-state index contributed by atoms with van der Waals surface area (Å²) in [5.41, 5.74) is 0.733. The van der Waals surface area contributed by atoms with E-state index in [-0.39, 0.29) is 5.91 Å². The molecular weight excluding hydrogens is 324 g/mol. The van der Waals surface area contributed by atoms with Crippen LogP contribution >= 0.6 is 0 Å². The van der Waals surface area contributed by atoms with Gasteiger partial charge in [0, 0.05) is 25.7 Å². The standard InChI is InChI=1S/C22H30N2O2/c1-3-23(2)22(25)20-9-8-19-17-21(11-10-18(19)16-20)26-15-7-14-24-12-5-4-6-13-24/h8-11,16-17H,3-7,12-15H2,1-2H3. The van der Waals surface area contributed by atoms with Crippen LogP contribution in [0.4, 0.5) is 0 Å². The van der Waals surface area contributed by atoms with Gasteiger partial charge in [0.2, 0.25) is 0 Å². The summed E-state index contributed by atoms with van der Waals surface area (Å²) in [6, 6.07) is 12.0. The van der Waals surface area contributed by atoms with E-state index in [0.717, 1.165) is 41.7 Å². The first-order valence-electron chi connectivity index (χ1n) is 9.82. The van der Waals surface area contributed by atoms with Crippen molar-refractivity contribution in [2.45, 2.75) is 32.6 Å². The predicted octanol–water partition coefficient (Wildman–Crippen LogP) is 4.19. The molecular formula is C22H30N2O2. The van der Waals surface area contributed by atoms with Crippen molar-refractivity contribution in [3.05, 3.63) is 42.0 Å². The highest BCUT2D eigenvalue weighted by Gasteiger charge is 2.11. The van der Waals surface area contributed by atoms with Gasteiger partial charge in [-0.25, -0.2) is 0 Å². The summed E-state index contributed by atoms with van der Waals surface area (Å²) in [5, 5.41) is 2.18. The molecule has 26 heavy (non-hydrogen) atoms. The van der Waals surface area contributed by atoms with E-state index in [1.807, 2.05) is 44.3 Å². The van der Waals surface area contributed by atoms with Gasteiger partial charge in [-0.3, -0.25) is 4.79 Å². The number of carbonyl (C=O) groups excluding carboxylic acids is 1. The third-order valence-electron chi connectivity index (χ3n) is 5.22. The van der Waals surface area contributed by atoms with Crippen LogP contribution < -0.4 is 4.74 Å². The van der Waals surface area contributed by atoms with Crippen molar-refractivity contribution in [3.8, 4) is 5.75 Å². The lowest BCUT2D eigenvalue weighted by Gasteiger charge is -2.26. The molecule has 1 amide bonds. The highest BCUT2D eigenvalue weighted by atomic mass is 16.5. The van der Waals surface area contributed by atoms with Gasteiger partial charge in [-0.15, -0.1) is 0 Å². The first-order chi connectivity index (χ1) is 12.7. The fraction of sp³-hybridized carbons (Fsp3) is 0.500. The Morgan fingerprint density at radius 2 is 1.81 bits per heavy atom. The molecule has 1 saturated heterocycles. The Morgan fingerprint density at radius 1 is 1.08 bits per heavy atom. The number of carbonyl (C=O) groups is 1. The number of nitrogens with zero attached hydrogens (tertiary/aromatic N) is 2. The van der Waals surface area contributed by atoms with Gasteiger partial charge in [0.05, 0.1) is 6.61 Å². The van der Waals surface area contributed by atoms with Gasteiger partial charge < -0.3 is 14.5 Å². The van der Waals surface area contributed by atoms with E-state index in [2.05, 4.69) is 11.0 Å². The number of rotatable bonds is 7. The van der Waals surface area contributed by atoms with Crippen LogP contribution in [0, 0.1) is 0 Å². The minimum Gasteiger partial charge on any atom is -0.494 e. The van der Waals surface area contributed by atoms with Gasteiger partial charge in [0.15, 0.2) is 0 Å². The largest absolute Gasteiger partial charge is 0.494 e. The molecule has 0 radical (unpaired) electrons. The zero-order chi connectivity index (χ0) is 18.4. The number of fused-ring (bicyclic) bond motifs is 1. The quantitative estimate of drug-likeness (QED) is 0.699. The summed E-state index contributed by atoms with van der Waals surface area (Å²) in [6.45, 7) is 7.05. The first-order valence-corrected chi connectivity index (χ1v) is 9.82. The molecule has 4 nitrogen and oxygen atoms in total. The predicted molar refractivity (Wildman–Crippen MR) is 107 cm³/mol. The number of piperidine rings is 1. The number of likely N-dealkylation sites (tertiary alicyclic amines) is 1. The lowest BCUT2D eigenvalue weighted by molar-refractivity contribution is 0.0802. The van der Waals surface area contributed by atoms with E-state index in [9.17, 15) is 4.79 Å². The Hall–Kier alpha value is -2.07.